The summed E-state index contributed by atoms with van der Waals surface area (Å²) in [7, 11) is 1.68. The minimum absolute atomic E-state index is 0.615. The fourth-order valence-corrected chi connectivity index (χ4v) is 2.20. The van der Waals surface area contributed by atoms with Gasteiger partial charge in [-0.2, -0.15) is 0 Å². The van der Waals surface area contributed by atoms with Gasteiger partial charge in [0.2, 0.25) is 0 Å². The highest BCUT2D eigenvalue weighted by Gasteiger charge is 2.07. The van der Waals surface area contributed by atoms with Gasteiger partial charge in [0.1, 0.15) is 10.7 Å². The molecule has 18 heavy (non-hydrogen) atoms. The molecule has 2 rings (SSSR count). The first kappa shape index (κ1) is 13.4. The number of ether oxygens (including phenoxy) is 1. The molecule has 0 atom stereocenters. The van der Waals surface area contributed by atoms with Crippen LogP contribution in [0.1, 0.15) is 5.01 Å². The number of nitrogens with one attached hydrogen (secondary N) is 1. The fraction of sp³-hybridized carbons (Fsp3) is 0.364. The van der Waals surface area contributed by atoms with Gasteiger partial charge >= 0.3 is 0 Å². The van der Waals surface area contributed by atoms with E-state index in [0.29, 0.717) is 18.2 Å². The van der Waals surface area contributed by atoms with Crippen molar-refractivity contribution in [3.05, 3.63) is 28.4 Å². The van der Waals surface area contributed by atoms with Crippen molar-refractivity contribution < 1.29 is 4.74 Å². The maximum Gasteiger partial charge on any atom is 0.166 e. The summed E-state index contributed by atoms with van der Waals surface area (Å²) in [6.07, 6.45) is 1.61. The Labute approximate surface area is 114 Å². The van der Waals surface area contributed by atoms with Crippen LogP contribution >= 0.6 is 22.9 Å². The number of hydrogen-bond acceptors (Lipinski definition) is 6. The molecule has 0 aliphatic carbocycles. The summed E-state index contributed by atoms with van der Waals surface area (Å²) in [5.41, 5.74) is 0.792. The van der Waals surface area contributed by atoms with Crippen LogP contribution in [-0.4, -0.2) is 35.4 Å². The lowest BCUT2D eigenvalue weighted by Gasteiger charge is -1.99. The zero-order valence-electron chi connectivity index (χ0n) is 9.89. The van der Waals surface area contributed by atoms with Crippen LogP contribution in [0.3, 0.4) is 0 Å². The molecule has 7 heteroatoms. The number of rotatable bonds is 6. The van der Waals surface area contributed by atoms with Gasteiger partial charge in [-0.1, -0.05) is 22.9 Å². The van der Waals surface area contributed by atoms with Crippen LogP contribution < -0.4 is 5.32 Å². The zero-order valence-corrected chi connectivity index (χ0v) is 11.5. The second-order valence-corrected chi connectivity index (χ2v) is 5.03. The number of aromatic nitrogens is 3. The molecular formula is C11H13ClN4OS. The van der Waals surface area contributed by atoms with Crippen LogP contribution in [0.4, 0.5) is 0 Å². The Morgan fingerprint density at radius 3 is 3.00 bits per heavy atom. The third-order valence-electron chi connectivity index (χ3n) is 2.17. The van der Waals surface area contributed by atoms with Crippen molar-refractivity contribution >= 4 is 22.9 Å². The van der Waals surface area contributed by atoms with Crippen LogP contribution in [0.5, 0.6) is 0 Å². The first-order valence-electron chi connectivity index (χ1n) is 5.43. The Hall–Kier alpha value is -1.08. The van der Waals surface area contributed by atoms with Crippen molar-refractivity contribution in [3.63, 3.8) is 0 Å². The number of hydrogen-bond donors (Lipinski definition) is 1. The molecular weight excluding hydrogens is 272 g/mol. The number of nitrogens with zero attached hydrogens (tertiary/aromatic N) is 3. The van der Waals surface area contributed by atoms with Crippen molar-refractivity contribution in [2.45, 2.75) is 6.54 Å². The van der Waals surface area contributed by atoms with E-state index in [2.05, 4.69) is 20.5 Å². The summed E-state index contributed by atoms with van der Waals surface area (Å²) in [5, 5.41) is 13.8. The molecule has 0 aliphatic heterocycles. The SMILES string of the molecule is COCCNCc1nnc(-c2ccc(Cl)cn2)s1. The van der Waals surface area contributed by atoms with E-state index in [4.69, 9.17) is 16.3 Å². The average Bonchev–Trinajstić information content (AvgIpc) is 2.84. The minimum atomic E-state index is 0.615. The van der Waals surface area contributed by atoms with Gasteiger partial charge in [-0.15, -0.1) is 10.2 Å². The normalized spacial score (nSPS) is 10.8. The second kappa shape index (κ2) is 6.75. The highest BCUT2D eigenvalue weighted by atomic mass is 35.5. The van der Waals surface area contributed by atoms with Gasteiger partial charge in [-0.3, -0.25) is 4.98 Å². The summed E-state index contributed by atoms with van der Waals surface area (Å²) in [6, 6.07) is 3.63. The zero-order chi connectivity index (χ0) is 12.8. The first-order valence-corrected chi connectivity index (χ1v) is 6.63. The molecule has 5 nitrogen and oxygen atoms in total. The topological polar surface area (TPSA) is 59.9 Å². The van der Waals surface area contributed by atoms with Crippen LogP contribution in [0.15, 0.2) is 18.3 Å². The maximum atomic E-state index is 5.79. The van der Waals surface area contributed by atoms with Gasteiger partial charge in [-0.25, -0.2) is 0 Å². The molecule has 0 saturated carbocycles. The number of methoxy groups -OCH3 is 1. The Morgan fingerprint density at radius 2 is 2.28 bits per heavy atom. The van der Waals surface area contributed by atoms with Crippen molar-refractivity contribution in [3.8, 4) is 10.7 Å². The summed E-state index contributed by atoms with van der Waals surface area (Å²) in [6.45, 7) is 2.17. The maximum absolute atomic E-state index is 5.79. The summed E-state index contributed by atoms with van der Waals surface area (Å²) >= 11 is 7.30. The molecule has 0 saturated heterocycles. The molecule has 96 valence electrons. The second-order valence-electron chi connectivity index (χ2n) is 3.53. The molecule has 2 heterocycles. The summed E-state index contributed by atoms with van der Waals surface area (Å²) < 4.78 is 4.95. The molecule has 0 bridgehead atoms. The monoisotopic (exact) mass is 284 g/mol. The minimum Gasteiger partial charge on any atom is -0.383 e. The molecule has 2 aromatic heterocycles. The molecule has 1 N–H and O–H groups in total. The lowest BCUT2D eigenvalue weighted by Crippen LogP contribution is -2.18. The van der Waals surface area contributed by atoms with Gasteiger partial charge < -0.3 is 10.1 Å². The summed E-state index contributed by atoms with van der Waals surface area (Å²) in [5.74, 6) is 0. The van der Waals surface area contributed by atoms with Gasteiger partial charge in [0.15, 0.2) is 5.01 Å². The van der Waals surface area contributed by atoms with Gasteiger partial charge in [0.25, 0.3) is 0 Å². The van der Waals surface area contributed by atoms with E-state index in [1.54, 1.807) is 19.4 Å². The van der Waals surface area contributed by atoms with Crippen molar-refractivity contribution in [2.24, 2.45) is 0 Å². The van der Waals surface area contributed by atoms with E-state index in [1.807, 2.05) is 6.07 Å². The predicted molar refractivity (Wildman–Crippen MR) is 71.7 cm³/mol. The van der Waals surface area contributed by atoms with E-state index in [9.17, 15) is 0 Å². The molecule has 0 aliphatic rings. The third-order valence-corrected chi connectivity index (χ3v) is 3.34. The van der Waals surface area contributed by atoms with Crippen molar-refractivity contribution in [1.82, 2.24) is 20.5 Å². The standard InChI is InChI=1S/C11H13ClN4OS/c1-17-5-4-13-7-10-15-16-11(18-10)9-3-2-8(12)6-14-9/h2-3,6,13H,4-5,7H2,1H3. The van der Waals surface area contributed by atoms with Gasteiger partial charge in [-0.05, 0) is 12.1 Å². The van der Waals surface area contributed by atoms with Crippen molar-refractivity contribution in [1.29, 1.82) is 0 Å². The molecule has 0 amide bonds. The van der Waals surface area contributed by atoms with Crippen LogP contribution in [-0.2, 0) is 11.3 Å². The Kier molecular flexibility index (Phi) is 5.00. The highest BCUT2D eigenvalue weighted by Crippen LogP contribution is 2.22. The van der Waals surface area contributed by atoms with E-state index >= 15 is 0 Å². The number of halogens is 1. The van der Waals surface area contributed by atoms with E-state index in [1.165, 1.54) is 11.3 Å². The first-order chi connectivity index (χ1) is 8.79. The van der Waals surface area contributed by atoms with Gasteiger partial charge in [0, 0.05) is 26.4 Å². The molecule has 0 unspecified atom stereocenters. The molecule has 2 aromatic rings. The fourth-order valence-electron chi connectivity index (χ4n) is 1.30. The lowest BCUT2D eigenvalue weighted by atomic mass is 10.4. The van der Waals surface area contributed by atoms with E-state index in [0.717, 1.165) is 22.3 Å². The average molecular weight is 285 g/mol. The Balaban J connectivity index is 1.95. The molecule has 0 spiro atoms. The van der Waals surface area contributed by atoms with E-state index < -0.39 is 0 Å². The van der Waals surface area contributed by atoms with Gasteiger partial charge in [0.05, 0.1) is 11.6 Å². The van der Waals surface area contributed by atoms with Crippen LogP contribution in [0, 0.1) is 0 Å². The molecule has 0 fully saturated rings. The van der Waals surface area contributed by atoms with Crippen LogP contribution in [0.2, 0.25) is 5.02 Å². The lowest BCUT2D eigenvalue weighted by molar-refractivity contribution is 0.199. The molecule has 0 radical (unpaired) electrons. The quantitative estimate of drug-likeness (QED) is 0.822. The Morgan fingerprint density at radius 1 is 1.39 bits per heavy atom. The third kappa shape index (κ3) is 3.71. The van der Waals surface area contributed by atoms with Crippen molar-refractivity contribution in [2.75, 3.05) is 20.3 Å². The predicted octanol–water partition coefficient (Wildman–Crippen LogP) is 1.99. The largest absolute Gasteiger partial charge is 0.383 e. The molecule has 0 aromatic carbocycles. The Bertz CT molecular complexity index is 488. The van der Waals surface area contributed by atoms with Crippen LogP contribution in [0.25, 0.3) is 10.7 Å². The summed E-state index contributed by atoms with van der Waals surface area (Å²) in [4.78, 5) is 4.21. The van der Waals surface area contributed by atoms with E-state index in [-0.39, 0.29) is 0 Å². The smallest absolute Gasteiger partial charge is 0.166 e. The highest BCUT2D eigenvalue weighted by molar-refractivity contribution is 7.14. The number of pyridine rings is 1.